The number of hydrogen-bond donors (Lipinski definition) is 2. The van der Waals surface area contributed by atoms with Crippen LogP contribution in [0.2, 0.25) is 0 Å². The van der Waals surface area contributed by atoms with Gasteiger partial charge in [-0.2, -0.15) is 0 Å². The van der Waals surface area contributed by atoms with Crippen molar-refractivity contribution in [3.05, 3.63) is 15.6 Å². The maximum absolute atomic E-state index is 12.1. The van der Waals surface area contributed by atoms with Gasteiger partial charge in [0.2, 0.25) is 0 Å². The Labute approximate surface area is 137 Å². The maximum Gasteiger partial charge on any atom is 0.263 e. The zero-order chi connectivity index (χ0) is 13.1. The lowest BCUT2D eigenvalue weighted by molar-refractivity contribution is 0.0945. The molecule has 0 aliphatic carbocycles. The predicted octanol–water partition coefficient (Wildman–Crippen LogP) is 2.44. The summed E-state index contributed by atoms with van der Waals surface area (Å²) in [5, 5.41) is 7.20. The molecule has 0 bridgehead atoms. The Hall–Kier alpha value is -0.360. The van der Waals surface area contributed by atoms with Crippen LogP contribution in [0.4, 0.5) is 0 Å². The Bertz CT molecular complexity index is 433. The molecule has 2 heterocycles. The van der Waals surface area contributed by atoms with Crippen LogP contribution in [0.5, 0.6) is 0 Å². The van der Waals surface area contributed by atoms with E-state index in [0.29, 0.717) is 11.8 Å². The summed E-state index contributed by atoms with van der Waals surface area (Å²) in [6.45, 7) is 9.06. The lowest BCUT2D eigenvalue weighted by Gasteiger charge is -2.27. The Morgan fingerprint density at radius 2 is 2.10 bits per heavy atom. The highest BCUT2D eigenvalue weighted by molar-refractivity contribution is 7.13. The van der Waals surface area contributed by atoms with Gasteiger partial charge in [0.25, 0.3) is 5.91 Å². The van der Waals surface area contributed by atoms with Crippen molar-refractivity contribution >= 4 is 42.1 Å². The second-order valence-corrected chi connectivity index (χ2v) is 6.54. The van der Waals surface area contributed by atoms with Crippen LogP contribution in [0, 0.1) is 18.8 Å². The number of nitrogens with one attached hydrogen (secondary N) is 2. The SMILES string of the molecule is Cc1nc(CC(C)C)c(C(=O)NCC2CNC2)s1.Cl.Cl. The normalized spacial score (nSPS) is 14.2. The molecule has 1 aromatic rings. The molecule has 1 aliphatic heterocycles. The maximum atomic E-state index is 12.1. The van der Waals surface area contributed by atoms with Gasteiger partial charge >= 0.3 is 0 Å². The topological polar surface area (TPSA) is 54.0 Å². The number of halogens is 2. The standard InChI is InChI=1S/C13H21N3OS.2ClH/c1-8(2)4-11-12(18-9(3)16-11)13(17)15-7-10-5-14-6-10;;/h8,10,14H,4-7H2,1-3H3,(H,15,17);2*1H. The molecule has 2 rings (SSSR count). The van der Waals surface area contributed by atoms with Crippen molar-refractivity contribution in [3.8, 4) is 0 Å². The van der Waals surface area contributed by atoms with E-state index in [0.717, 1.165) is 41.6 Å². The molecule has 1 aromatic heterocycles. The van der Waals surface area contributed by atoms with Crippen LogP contribution in [-0.4, -0.2) is 30.5 Å². The summed E-state index contributed by atoms with van der Waals surface area (Å²) in [6.07, 6.45) is 0.873. The van der Waals surface area contributed by atoms with E-state index in [1.165, 1.54) is 11.3 Å². The molecule has 1 aliphatic rings. The first-order valence-electron chi connectivity index (χ1n) is 6.51. The summed E-state index contributed by atoms with van der Waals surface area (Å²) in [7, 11) is 0. The molecule has 1 saturated heterocycles. The molecule has 0 unspecified atom stereocenters. The number of thiazole rings is 1. The van der Waals surface area contributed by atoms with E-state index in [-0.39, 0.29) is 30.7 Å². The summed E-state index contributed by atoms with van der Waals surface area (Å²) in [5.41, 5.74) is 0.955. The van der Waals surface area contributed by atoms with Crippen LogP contribution < -0.4 is 10.6 Å². The van der Waals surface area contributed by atoms with Gasteiger partial charge in [-0.3, -0.25) is 4.79 Å². The Morgan fingerprint density at radius 1 is 1.45 bits per heavy atom. The van der Waals surface area contributed by atoms with Crippen molar-refractivity contribution < 1.29 is 4.79 Å². The molecule has 2 N–H and O–H groups in total. The third-order valence-electron chi connectivity index (χ3n) is 3.03. The molecule has 0 atom stereocenters. The molecular formula is C13H23Cl2N3OS. The monoisotopic (exact) mass is 339 g/mol. The van der Waals surface area contributed by atoms with Gasteiger partial charge in [-0.1, -0.05) is 13.8 Å². The zero-order valence-corrected chi connectivity index (χ0v) is 14.5. The summed E-state index contributed by atoms with van der Waals surface area (Å²) < 4.78 is 0. The minimum Gasteiger partial charge on any atom is -0.351 e. The van der Waals surface area contributed by atoms with Crippen LogP contribution in [0.25, 0.3) is 0 Å². The van der Waals surface area contributed by atoms with E-state index in [4.69, 9.17) is 0 Å². The first kappa shape index (κ1) is 19.6. The number of hydrogen-bond acceptors (Lipinski definition) is 4. The Morgan fingerprint density at radius 3 is 2.60 bits per heavy atom. The second kappa shape index (κ2) is 8.82. The molecular weight excluding hydrogens is 317 g/mol. The third kappa shape index (κ3) is 5.20. The van der Waals surface area contributed by atoms with E-state index in [1.807, 2.05) is 6.92 Å². The van der Waals surface area contributed by atoms with Gasteiger partial charge in [0.05, 0.1) is 10.7 Å². The number of carbonyl (C=O) groups is 1. The van der Waals surface area contributed by atoms with E-state index >= 15 is 0 Å². The smallest absolute Gasteiger partial charge is 0.263 e. The first-order chi connectivity index (χ1) is 8.56. The van der Waals surface area contributed by atoms with Gasteiger partial charge in [-0.15, -0.1) is 36.2 Å². The van der Waals surface area contributed by atoms with Crippen LogP contribution in [0.3, 0.4) is 0 Å². The van der Waals surface area contributed by atoms with E-state index < -0.39 is 0 Å². The largest absolute Gasteiger partial charge is 0.351 e. The molecule has 0 spiro atoms. The average Bonchev–Trinajstić information content (AvgIpc) is 2.56. The fourth-order valence-corrected chi connectivity index (χ4v) is 2.85. The summed E-state index contributed by atoms with van der Waals surface area (Å²) in [5.74, 6) is 1.16. The highest BCUT2D eigenvalue weighted by Gasteiger charge is 2.21. The average molecular weight is 340 g/mol. The molecule has 0 saturated carbocycles. The van der Waals surface area contributed by atoms with Gasteiger partial charge in [-0.05, 0) is 19.3 Å². The Balaban J connectivity index is 0.00000180. The molecule has 116 valence electrons. The van der Waals surface area contributed by atoms with Crippen LogP contribution in [0.1, 0.15) is 34.2 Å². The second-order valence-electron chi connectivity index (χ2n) is 5.34. The van der Waals surface area contributed by atoms with Gasteiger partial charge < -0.3 is 10.6 Å². The van der Waals surface area contributed by atoms with Gasteiger partial charge in [-0.25, -0.2) is 4.98 Å². The lowest BCUT2D eigenvalue weighted by atomic mass is 10.0. The summed E-state index contributed by atoms with van der Waals surface area (Å²) in [4.78, 5) is 17.4. The van der Waals surface area contributed by atoms with E-state index in [2.05, 4.69) is 29.5 Å². The molecule has 0 aromatic carbocycles. The third-order valence-corrected chi connectivity index (χ3v) is 4.04. The minimum absolute atomic E-state index is 0. The summed E-state index contributed by atoms with van der Waals surface area (Å²) >= 11 is 1.50. The fraction of sp³-hybridized carbons (Fsp3) is 0.692. The van der Waals surface area contributed by atoms with Gasteiger partial charge in [0.15, 0.2) is 0 Å². The van der Waals surface area contributed by atoms with Crippen molar-refractivity contribution in [2.45, 2.75) is 27.2 Å². The van der Waals surface area contributed by atoms with E-state index in [9.17, 15) is 4.79 Å². The van der Waals surface area contributed by atoms with Gasteiger partial charge in [0, 0.05) is 25.6 Å². The number of amides is 1. The van der Waals surface area contributed by atoms with E-state index in [1.54, 1.807) is 0 Å². The van der Waals surface area contributed by atoms with Crippen molar-refractivity contribution in [1.29, 1.82) is 0 Å². The van der Waals surface area contributed by atoms with Gasteiger partial charge in [0.1, 0.15) is 4.88 Å². The summed E-state index contributed by atoms with van der Waals surface area (Å²) in [6, 6.07) is 0. The number of rotatable bonds is 5. The number of nitrogens with zero attached hydrogens (tertiary/aromatic N) is 1. The molecule has 1 fully saturated rings. The lowest BCUT2D eigenvalue weighted by Crippen LogP contribution is -2.48. The van der Waals surface area contributed by atoms with Crippen LogP contribution >= 0.6 is 36.2 Å². The first-order valence-corrected chi connectivity index (χ1v) is 7.33. The van der Waals surface area contributed by atoms with Crippen molar-refractivity contribution in [2.75, 3.05) is 19.6 Å². The minimum atomic E-state index is 0. The number of aromatic nitrogens is 1. The van der Waals surface area contributed by atoms with Crippen molar-refractivity contribution in [3.63, 3.8) is 0 Å². The van der Waals surface area contributed by atoms with Crippen LogP contribution in [0.15, 0.2) is 0 Å². The quantitative estimate of drug-likeness (QED) is 0.866. The fourth-order valence-electron chi connectivity index (χ4n) is 1.98. The highest BCUT2D eigenvalue weighted by Crippen LogP contribution is 2.20. The molecule has 1 amide bonds. The number of aryl methyl sites for hydroxylation is 1. The predicted molar refractivity (Wildman–Crippen MR) is 88.6 cm³/mol. The Kier molecular flexibility index (Phi) is 8.66. The zero-order valence-electron chi connectivity index (χ0n) is 12.1. The number of carbonyl (C=O) groups excluding carboxylic acids is 1. The molecule has 0 radical (unpaired) electrons. The molecule has 4 nitrogen and oxygen atoms in total. The van der Waals surface area contributed by atoms with Crippen molar-refractivity contribution in [2.24, 2.45) is 11.8 Å². The molecule has 7 heteroatoms. The highest BCUT2D eigenvalue weighted by atomic mass is 35.5. The van der Waals surface area contributed by atoms with Crippen molar-refractivity contribution in [1.82, 2.24) is 15.6 Å². The van der Waals surface area contributed by atoms with Crippen LogP contribution in [-0.2, 0) is 6.42 Å². The molecule has 20 heavy (non-hydrogen) atoms.